The molecule has 0 aromatic heterocycles. The lowest BCUT2D eigenvalue weighted by Gasteiger charge is -2.32. The van der Waals surface area contributed by atoms with E-state index in [-0.39, 0.29) is 23.8 Å². The smallest absolute Gasteiger partial charge is 0.227 e. The molecule has 0 unspecified atom stereocenters. The molecule has 3 heterocycles. The normalized spacial score (nSPS) is 29.0. The second-order valence-corrected chi connectivity index (χ2v) is 6.18. The number of likely N-dealkylation sites (tertiary alicyclic amines) is 2. The van der Waals surface area contributed by atoms with Gasteiger partial charge in [-0.2, -0.15) is 0 Å². The van der Waals surface area contributed by atoms with E-state index in [0.29, 0.717) is 13.0 Å². The van der Waals surface area contributed by atoms with Gasteiger partial charge >= 0.3 is 0 Å². The Morgan fingerprint density at radius 1 is 1.10 bits per heavy atom. The van der Waals surface area contributed by atoms with E-state index >= 15 is 0 Å². The average molecular weight is 280 g/mol. The molecule has 3 fully saturated rings. The molecule has 112 valence electrons. The largest absolute Gasteiger partial charge is 0.381 e. The molecule has 0 bridgehead atoms. The van der Waals surface area contributed by atoms with Gasteiger partial charge in [-0.3, -0.25) is 9.59 Å². The number of amides is 2. The molecule has 20 heavy (non-hydrogen) atoms. The number of carbonyl (C=O) groups is 2. The summed E-state index contributed by atoms with van der Waals surface area (Å²) in [6.07, 6.45) is 5.67. The molecule has 3 rings (SSSR count). The minimum atomic E-state index is -0.108. The molecule has 1 atom stereocenters. The van der Waals surface area contributed by atoms with E-state index in [2.05, 4.69) is 0 Å². The van der Waals surface area contributed by atoms with Crippen LogP contribution in [0.2, 0.25) is 0 Å². The third kappa shape index (κ3) is 2.82. The van der Waals surface area contributed by atoms with E-state index in [0.717, 1.165) is 52.0 Å². The lowest BCUT2D eigenvalue weighted by atomic mass is 10.0. The van der Waals surface area contributed by atoms with Crippen molar-refractivity contribution in [3.8, 4) is 0 Å². The van der Waals surface area contributed by atoms with Crippen LogP contribution in [-0.2, 0) is 14.3 Å². The van der Waals surface area contributed by atoms with Gasteiger partial charge in [-0.05, 0) is 32.1 Å². The SMILES string of the molecule is O=C([C@@H]1CC(=O)N(C2CCOCC2)C1)N1CCCCC1. The molecule has 0 aromatic carbocycles. The zero-order valence-corrected chi connectivity index (χ0v) is 12.1. The van der Waals surface area contributed by atoms with Crippen LogP contribution in [0.4, 0.5) is 0 Å². The van der Waals surface area contributed by atoms with E-state index in [9.17, 15) is 9.59 Å². The molecule has 0 aromatic rings. The summed E-state index contributed by atoms with van der Waals surface area (Å²) >= 11 is 0. The lowest BCUT2D eigenvalue weighted by molar-refractivity contribution is -0.136. The highest BCUT2D eigenvalue weighted by Gasteiger charge is 2.39. The number of carbonyl (C=O) groups excluding carboxylic acids is 2. The zero-order valence-electron chi connectivity index (χ0n) is 12.1. The second-order valence-electron chi connectivity index (χ2n) is 6.18. The van der Waals surface area contributed by atoms with Crippen molar-refractivity contribution >= 4 is 11.8 Å². The summed E-state index contributed by atoms with van der Waals surface area (Å²) in [7, 11) is 0. The fourth-order valence-electron chi connectivity index (χ4n) is 3.62. The first-order valence-electron chi connectivity index (χ1n) is 7.91. The minimum absolute atomic E-state index is 0.108. The summed E-state index contributed by atoms with van der Waals surface area (Å²) in [6, 6.07) is 0.287. The highest BCUT2D eigenvalue weighted by molar-refractivity contribution is 5.89. The van der Waals surface area contributed by atoms with E-state index in [1.54, 1.807) is 0 Å². The first kappa shape index (κ1) is 13.9. The Labute approximate surface area is 120 Å². The van der Waals surface area contributed by atoms with Crippen LogP contribution in [0.3, 0.4) is 0 Å². The molecule has 0 spiro atoms. The van der Waals surface area contributed by atoms with Gasteiger partial charge in [0.2, 0.25) is 11.8 Å². The topological polar surface area (TPSA) is 49.9 Å². The van der Waals surface area contributed by atoms with Gasteiger partial charge in [-0.1, -0.05) is 0 Å². The average Bonchev–Trinajstić information content (AvgIpc) is 2.90. The number of nitrogens with zero attached hydrogens (tertiary/aromatic N) is 2. The van der Waals surface area contributed by atoms with Crippen LogP contribution in [0.25, 0.3) is 0 Å². The van der Waals surface area contributed by atoms with Crippen LogP contribution >= 0.6 is 0 Å². The Balaban J connectivity index is 1.59. The number of hydrogen-bond donors (Lipinski definition) is 0. The third-order valence-electron chi connectivity index (χ3n) is 4.81. The molecule has 5 nitrogen and oxygen atoms in total. The zero-order chi connectivity index (χ0) is 13.9. The standard InChI is InChI=1S/C15H24N2O3/c18-14-10-12(15(19)16-6-2-1-3-7-16)11-17(14)13-4-8-20-9-5-13/h12-13H,1-11H2/t12-/m1/s1. The van der Waals surface area contributed by atoms with Crippen LogP contribution in [0.15, 0.2) is 0 Å². The molecule has 3 saturated heterocycles. The molecular formula is C15H24N2O3. The van der Waals surface area contributed by atoms with E-state index < -0.39 is 0 Å². The summed E-state index contributed by atoms with van der Waals surface area (Å²) in [4.78, 5) is 28.6. The number of hydrogen-bond acceptors (Lipinski definition) is 3. The van der Waals surface area contributed by atoms with Crippen molar-refractivity contribution in [1.29, 1.82) is 0 Å². The maximum atomic E-state index is 12.5. The fraction of sp³-hybridized carbons (Fsp3) is 0.867. The number of ether oxygens (including phenoxy) is 1. The monoisotopic (exact) mass is 280 g/mol. The molecule has 3 aliphatic rings. The van der Waals surface area contributed by atoms with Gasteiger partial charge in [-0.15, -0.1) is 0 Å². The second kappa shape index (κ2) is 6.12. The van der Waals surface area contributed by atoms with Gasteiger partial charge in [-0.25, -0.2) is 0 Å². The van der Waals surface area contributed by atoms with Crippen molar-refractivity contribution in [2.45, 2.75) is 44.6 Å². The van der Waals surface area contributed by atoms with Crippen molar-refractivity contribution in [2.75, 3.05) is 32.8 Å². The van der Waals surface area contributed by atoms with E-state index in [1.165, 1.54) is 6.42 Å². The van der Waals surface area contributed by atoms with Gasteiger partial charge in [0.1, 0.15) is 0 Å². The summed E-state index contributed by atoms with van der Waals surface area (Å²) in [5.41, 5.74) is 0. The molecule has 0 N–H and O–H groups in total. The number of rotatable bonds is 2. The van der Waals surface area contributed by atoms with Gasteiger partial charge in [0.25, 0.3) is 0 Å². The fourth-order valence-corrected chi connectivity index (χ4v) is 3.62. The van der Waals surface area contributed by atoms with Crippen LogP contribution in [0.5, 0.6) is 0 Å². The number of piperidine rings is 1. The molecule has 0 aliphatic carbocycles. The Hall–Kier alpha value is -1.10. The molecule has 2 amide bonds. The maximum absolute atomic E-state index is 12.5. The molecule has 0 radical (unpaired) electrons. The maximum Gasteiger partial charge on any atom is 0.227 e. The summed E-state index contributed by atoms with van der Waals surface area (Å²) in [5, 5.41) is 0. The molecule has 5 heteroatoms. The highest BCUT2D eigenvalue weighted by Crippen LogP contribution is 2.27. The van der Waals surface area contributed by atoms with E-state index in [1.807, 2.05) is 9.80 Å². The van der Waals surface area contributed by atoms with Crippen molar-refractivity contribution < 1.29 is 14.3 Å². The minimum Gasteiger partial charge on any atom is -0.381 e. The van der Waals surface area contributed by atoms with Crippen molar-refractivity contribution in [2.24, 2.45) is 5.92 Å². The van der Waals surface area contributed by atoms with Gasteiger partial charge in [0, 0.05) is 45.3 Å². The van der Waals surface area contributed by atoms with Crippen molar-refractivity contribution in [1.82, 2.24) is 9.80 Å². The summed E-state index contributed by atoms with van der Waals surface area (Å²) in [5.74, 6) is 0.253. The van der Waals surface area contributed by atoms with Crippen molar-refractivity contribution in [3.63, 3.8) is 0 Å². The third-order valence-corrected chi connectivity index (χ3v) is 4.81. The van der Waals surface area contributed by atoms with Crippen LogP contribution < -0.4 is 0 Å². The van der Waals surface area contributed by atoms with Crippen LogP contribution in [0, 0.1) is 5.92 Å². The summed E-state index contributed by atoms with van der Waals surface area (Å²) in [6.45, 7) is 3.85. The quantitative estimate of drug-likeness (QED) is 0.759. The highest BCUT2D eigenvalue weighted by atomic mass is 16.5. The Kier molecular flexibility index (Phi) is 4.24. The summed E-state index contributed by atoms with van der Waals surface area (Å²) < 4.78 is 5.35. The Bertz CT molecular complexity index is 373. The first-order chi connectivity index (χ1) is 9.75. The predicted octanol–water partition coefficient (Wildman–Crippen LogP) is 1.03. The molecular weight excluding hydrogens is 256 g/mol. The first-order valence-corrected chi connectivity index (χ1v) is 7.91. The molecule has 0 saturated carbocycles. The van der Waals surface area contributed by atoms with Gasteiger partial charge in [0.15, 0.2) is 0 Å². The predicted molar refractivity (Wildman–Crippen MR) is 74.1 cm³/mol. The van der Waals surface area contributed by atoms with Gasteiger partial charge in [0.05, 0.1) is 5.92 Å². The Morgan fingerprint density at radius 3 is 2.50 bits per heavy atom. The van der Waals surface area contributed by atoms with Crippen molar-refractivity contribution in [3.05, 3.63) is 0 Å². The lowest BCUT2D eigenvalue weighted by Crippen LogP contribution is -2.43. The van der Waals surface area contributed by atoms with E-state index in [4.69, 9.17) is 4.74 Å². The molecule has 3 aliphatic heterocycles. The van der Waals surface area contributed by atoms with Gasteiger partial charge < -0.3 is 14.5 Å². The van der Waals surface area contributed by atoms with Crippen LogP contribution in [-0.4, -0.2) is 60.5 Å². The Morgan fingerprint density at radius 2 is 1.80 bits per heavy atom. The van der Waals surface area contributed by atoms with Crippen LogP contribution in [0.1, 0.15) is 38.5 Å².